The van der Waals surface area contributed by atoms with Gasteiger partial charge in [0.2, 0.25) is 5.91 Å². The monoisotopic (exact) mass is 428 g/mol. The Morgan fingerprint density at radius 3 is 2.03 bits per heavy atom. The molecule has 0 aliphatic carbocycles. The molecule has 0 bridgehead atoms. The third-order valence-electron chi connectivity index (χ3n) is 5.39. The minimum atomic E-state index is -0.514. The van der Waals surface area contributed by atoms with Gasteiger partial charge in [0.05, 0.1) is 30.1 Å². The fourth-order valence-corrected chi connectivity index (χ4v) is 3.95. The fraction of sp³-hybridized carbons (Fsp3) is 0.192. The van der Waals surface area contributed by atoms with E-state index in [1.165, 1.54) is 0 Å². The number of rotatable bonds is 7. The van der Waals surface area contributed by atoms with Gasteiger partial charge in [0.15, 0.2) is 5.43 Å². The van der Waals surface area contributed by atoms with Crippen LogP contribution in [0.1, 0.15) is 24.9 Å². The van der Waals surface area contributed by atoms with E-state index in [9.17, 15) is 14.4 Å². The number of fused-ring (bicyclic) bond motifs is 2. The van der Waals surface area contributed by atoms with Crippen molar-refractivity contribution >= 4 is 33.7 Å². The quantitative estimate of drug-likeness (QED) is 0.357. The number of ether oxygens (including phenoxy) is 1. The van der Waals surface area contributed by atoms with E-state index in [4.69, 9.17) is 4.74 Å². The predicted molar refractivity (Wildman–Crippen MR) is 124 cm³/mol. The van der Waals surface area contributed by atoms with Gasteiger partial charge in [-0.25, -0.2) is 0 Å². The van der Waals surface area contributed by atoms with Crippen LogP contribution in [-0.4, -0.2) is 23.1 Å². The second-order valence-corrected chi connectivity index (χ2v) is 7.49. The van der Waals surface area contributed by atoms with Gasteiger partial charge in [-0.3, -0.25) is 14.4 Å². The molecule has 0 spiro atoms. The molecule has 3 aromatic carbocycles. The Morgan fingerprint density at radius 1 is 0.875 bits per heavy atom. The van der Waals surface area contributed by atoms with Crippen LogP contribution in [0, 0.1) is 0 Å². The van der Waals surface area contributed by atoms with Crippen molar-refractivity contribution in [3.63, 3.8) is 0 Å². The molecule has 4 rings (SSSR count). The summed E-state index contributed by atoms with van der Waals surface area (Å²) in [5.41, 5.74) is 2.14. The Balaban J connectivity index is 1.68. The van der Waals surface area contributed by atoms with Crippen LogP contribution >= 0.6 is 0 Å². The molecule has 0 saturated heterocycles. The van der Waals surface area contributed by atoms with Crippen LogP contribution < -0.4 is 10.7 Å². The van der Waals surface area contributed by atoms with Crippen LogP contribution in [0.5, 0.6) is 0 Å². The zero-order valence-electron chi connectivity index (χ0n) is 17.8. The molecule has 1 unspecified atom stereocenters. The van der Waals surface area contributed by atoms with Crippen molar-refractivity contribution < 1.29 is 14.3 Å². The Labute approximate surface area is 185 Å². The van der Waals surface area contributed by atoms with Gasteiger partial charge < -0.3 is 14.6 Å². The first-order chi connectivity index (χ1) is 15.6. The minimum Gasteiger partial charge on any atom is -0.466 e. The number of benzene rings is 3. The number of para-hydroxylation sites is 2. The van der Waals surface area contributed by atoms with Crippen molar-refractivity contribution in [1.29, 1.82) is 0 Å². The molecule has 0 fully saturated rings. The van der Waals surface area contributed by atoms with Crippen molar-refractivity contribution in [3.8, 4) is 0 Å². The van der Waals surface area contributed by atoms with Crippen LogP contribution in [0.4, 0.5) is 0 Å². The first-order valence-electron chi connectivity index (χ1n) is 10.6. The SMILES string of the molecule is CCOC(=O)CC(NC(=O)Cn1c2ccccc2c(=O)c2ccccc21)c1ccccc1. The number of aromatic nitrogens is 1. The number of nitrogens with zero attached hydrogens (tertiary/aromatic N) is 1. The maximum atomic E-state index is 13.1. The average molecular weight is 428 g/mol. The minimum absolute atomic E-state index is 0.00741. The largest absolute Gasteiger partial charge is 0.466 e. The Bertz CT molecular complexity index is 1270. The molecule has 0 aliphatic heterocycles. The van der Waals surface area contributed by atoms with E-state index in [1.807, 2.05) is 71.3 Å². The highest BCUT2D eigenvalue weighted by molar-refractivity contribution is 5.95. The summed E-state index contributed by atoms with van der Waals surface area (Å²) in [4.78, 5) is 38.2. The number of pyridine rings is 1. The first-order valence-corrected chi connectivity index (χ1v) is 10.6. The number of hydrogen-bond donors (Lipinski definition) is 1. The number of hydrogen-bond acceptors (Lipinski definition) is 4. The van der Waals surface area contributed by atoms with Crippen LogP contribution in [0.15, 0.2) is 83.7 Å². The molecular formula is C26H24N2O4. The lowest BCUT2D eigenvalue weighted by atomic mass is 10.0. The summed E-state index contributed by atoms with van der Waals surface area (Å²) in [6.45, 7) is 2.04. The predicted octanol–water partition coefficient (Wildman–Crippen LogP) is 3.97. The van der Waals surface area contributed by atoms with Crippen LogP contribution in [-0.2, 0) is 20.9 Å². The van der Waals surface area contributed by atoms with Crippen molar-refractivity contribution in [2.24, 2.45) is 0 Å². The molecule has 1 aromatic heterocycles. The standard InChI is InChI=1S/C26H24N2O4/c1-2-32-25(30)16-21(18-10-4-3-5-11-18)27-24(29)17-28-22-14-8-6-12-19(22)26(31)20-13-7-9-15-23(20)28/h3-15,21H,2,16-17H2,1H3,(H,27,29). The van der Waals surface area contributed by atoms with E-state index in [0.29, 0.717) is 21.8 Å². The molecular weight excluding hydrogens is 404 g/mol. The van der Waals surface area contributed by atoms with E-state index in [2.05, 4.69) is 5.32 Å². The zero-order valence-corrected chi connectivity index (χ0v) is 17.8. The molecule has 4 aromatic rings. The number of amides is 1. The zero-order chi connectivity index (χ0) is 22.5. The molecule has 0 aliphatic rings. The molecule has 32 heavy (non-hydrogen) atoms. The van der Waals surface area contributed by atoms with E-state index in [-0.39, 0.29) is 36.9 Å². The van der Waals surface area contributed by atoms with Gasteiger partial charge in [0, 0.05) is 10.8 Å². The number of carbonyl (C=O) groups is 2. The maximum Gasteiger partial charge on any atom is 0.308 e. The molecule has 1 atom stereocenters. The lowest BCUT2D eigenvalue weighted by Crippen LogP contribution is -2.33. The Morgan fingerprint density at radius 2 is 1.44 bits per heavy atom. The molecule has 1 heterocycles. The van der Waals surface area contributed by atoms with Crippen molar-refractivity contribution in [2.75, 3.05) is 6.61 Å². The van der Waals surface area contributed by atoms with E-state index in [0.717, 1.165) is 5.56 Å². The van der Waals surface area contributed by atoms with Gasteiger partial charge in [-0.1, -0.05) is 54.6 Å². The highest BCUT2D eigenvalue weighted by atomic mass is 16.5. The van der Waals surface area contributed by atoms with Crippen LogP contribution in [0.2, 0.25) is 0 Å². The van der Waals surface area contributed by atoms with Gasteiger partial charge in [-0.2, -0.15) is 0 Å². The summed E-state index contributed by atoms with van der Waals surface area (Å²) in [5, 5.41) is 4.10. The van der Waals surface area contributed by atoms with E-state index >= 15 is 0 Å². The van der Waals surface area contributed by atoms with Gasteiger partial charge >= 0.3 is 5.97 Å². The summed E-state index contributed by atoms with van der Waals surface area (Å²) in [5.74, 6) is -0.636. The lowest BCUT2D eigenvalue weighted by Gasteiger charge is -2.20. The second-order valence-electron chi connectivity index (χ2n) is 7.49. The van der Waals surface area contributed by atoms with Gasteiger partial charge in [0.25, 0.3) is 0 Å². The molecule has 0 saturated carbocycles. The van der Waals surface area contributed by atoms with Gasteiger partial charge in [-0.15, -0.1) is 0 Å². The first kappa shape index (κ1) is 21.3. The second kappa shape index (κ2) is 9.47. The molecule has 0 radical (unpaired) electrons. The summed E-state index contributed by atoms with van der Waals surface area (Å²) in [7, 11) is 0. The molecule has 6 nitrogen and oxygen atoms in total. The summed E-state index contributed by atoms with van der Waals surface area (Å²) < 4.78 is 6.93. The summed E-state index contributed by atoms with van der Waals surface area (Å²) in [6.07, 6.45) is 0.0370. The Hall–Kier alpha value is -3.93. The molecule has 162 valence electrons. The summed E-state index contributed by atoms with van der Waals surface area (Å²) >= 11 is 0. The highest BCUT2D eigenvalue weighted by Crippen LogP contribution is 2.21. The van der Waals surface area contributed by atoms with E-state index in [1.54, 1.807) is 19.1 Å². The maximum absolute atomic E-state index is 13.1. The van der Waals surface area contributed by atoms with Crippen molar-refractivity contribution in [1.82, 2.24) is 9.88 Å². The topological polar surface area (TPSA) is 77.4 Å². The van der Waals surface area contributed by atoms with Crippen molar-refractivity contribution in [2.45, 2.75) is 25.9 Å². The fourth-order valence-electron chi connectivity index (χ4n) is 3.95. The normalized spacial score (nSPS) is 11.9. The molecule has 1 N–H and O–H groups in total. The van der Waals surface area contributed by atoms with Crippen LogP contribution in [0.25, 0.3) is 21.8 Å². The molecule has 1 amide bonds. The smallest absolute Gasteiger partial charge is 0.308 e. The van der Waals surface area contributed by atoms with Gasteiger partial charge in [-0.05, 0) is 36.8 Å². The van der Waals surface area contributed by atoms with Crippen LogP contribution in [0.3, 0.4) is 0 Å². The highest BCUT2D eigenvalue weighted by Gasteiger charge is 2.20. The van der Waals surface area contributed by atoms with Crippen molar-refractivity contribution in [3.05, 3.63) is 94.6 Å². The lowest BCUT2D eigenvalue weighted by molar-refractivity contribution is -0.143. The average Bonchev–Trinajstić information content (AvgIpc) is 2.82. The third-order valence-corrected chi connectivity index (χ3v) is 5.39. The molecule has 6 heteroatoms. The number of carbonyl (C=O) groups excluding carboxylic acids is 2. The van der Waals surface area contributed by atoms with E-state index < -0.39 is 6.04 Å². The number of esters is 1. The van der Waals surface area contributed by atoms with Gasteiger partial charge in [0.1, 0.15) is 6.54 Å². The number of nitrogens with one attached hydrogen (secondary N) is 1. The summed E-state index contributed by atoms with van der Waals surface area (Å²) in [6, 6.07) is 23.4. The Kier molecular flexibility index (Phi) is 6.31. The third kappa shape index (κ3) is 4.39.